The highest BCUT2D eigenvalue weighted by molar-refractivity contribution is 6.20. The van der Waals surface area contributed by atoms with Crippen LogP contribution < -0.4 is 0 Å². The van der Waals surface area contributed by atoms with Crippen molar-refractivity contribution in [3.8, 4) is 0 Å². The molecular weight excluding hydrogens is 204 g/mol. The molecule has 2 aliphatic carbocycles. The standard InChI is InChI=1S/C14H25Cl/c1-11-6-5-7-12(10-11)13-8-3-2-4-9-14(13)15/h11-14H,2-10H2,1H3. The molecule has 2 saturated carbocycles. The van der Waals surface area contributed by atoms with Crippen LogP contribution in [0.25, 0.3) is 0 Å². The first-order chi connectivity index (χ1) is 7.27. The lowest BCUT2D eigenvalue weighted by Crippen LogP contribution is -2.27. The van der Waals surface area contributed by atoms with Crippen LogP contribution >= 0.6 is 11.6 Å². The van der Waals surface area contributed by atoms with Gasteiger partial charge in [-0.2, -0.15) is 0 Å². The average molecular weight is 229 g/mol. The lowest BCUT2D eigenvalue weighted by Gasteiger charge is -2.35. The second-order valence-corrected chi connectivity index (χ2v) is 6.41. The van der Waals surface area contributed by atoms with E-state index in [4.69, 9.17) is 11.6 Å². The molecule has 0 aromatic carbocycles. The Morgan fingerprint density at radius 1 is 0.867 bits per heavy atom. The summed E-state index contributed by atoms with van der Waals surface area (Å²) in [6.07, 6.45) is 12.7. The quantitative estimate of drug-likeness (QED) is 0.438. The molecule has 2 rings (SSSR count). The molecule has 2 aliphatic rings. The van der Waals surface area contributed by atoms with Crippen molar-refractivity contribution >= 4 is 11.6 Å². The second-order valence-electron chi connectivity index (χ2n) is 5.85. The van der Waals surface area contributed by atoms with Crippen LogP contribution in [0.4, 0.5) is 0 Å². The maximum Gasteiger partial charge on any atom is 0.0366 e. The summed E-state index contributed by atoms with van der Waals surface area (Å²) in [5.41, 5.74) is 0. The van der Waals surface area contributed by atoms with Gasteiger partial charge in [-0.15, -0.1) is 11.6 Å². The van der Waals surface area contributed by atoms with Gasteiger partial charge in [0.1, 0.15) is 0 Å². The summed E-state index contributed by atoms with van der Waals surface area (Å²) in [4.78, 5) is 0. The van der Waals surface area contributed by atoms with Crippen LogP contribution in [0.2, 0.25) is 0 Å². The Hall–Kier alpha value is 0.290. The van der Waals surface area contributed by atoms with E-state index < -0.39 is 0 Å². The van der Waals surface area contributed by atoms with E-state index in [9.17, 15) is 0 Å². The van der Waals surface area contributed by atoms with Crippen molar-refractivity contribution in [1.82, 2.24) is 0 Å². The van der Waals surface area contributed by atoms with Gasteiger partial charge in [0, 0.05) is 5.38 Å². The van der Waals surface area contributed by atoms with Crippen LogP contribution in [0, 0.1) is 17.8 Å². The van der Waals surface area contributed by atoms with Crippen LogP contribution in [0.15, 0.2) is 0 Å². The van der Waals surface area contributed by atoms with Gasteiger partial charge >= 0.3 is 0 Å². The largest absolute Gasteiger partial charge is 0.123 e. The number of rotatable bonds is 1. The highest BCUT2D eigenvalue weighted by atomic mass is 35.5. The maximum absolute atomic E-state index is 6.57. The summed E-state index contributed by atoms with van der Waals surface area (Å²) in [7, 11) is 0. The molecule has 0 aromatic rings. The van der Waals surface area contributed by atoms with Gasteiger partial charge in [0.15, 0.2) is 0 Å². The van der Waals surface area contributed by atoms with E-state index in [0.717, 1.165) is 17.8 Å². The van der Waals surface area contributed by atoms with E-state index in [1.807, 2.05) is 0 Å². The molecule has 4 atom stereocenters. The van der Waals surface area contributed by atoms with Gasteiger partial charge in [0.25, 0.3) is 0 Å². The highest BCUT2D eigenvalue weighted by Gasteiger charge is 2.31. The van der Waals surface area contributed by atoms with Crippen LogP contribution in [0.1, 0.15) is 64.7 Å². The number of halogens is 1. The van der Waals surface area contributed by atoms with Gasteiger partial charge in [-0.1, -0.05) is 45.4 Å². The van der Waals surface area contributed by atoms with E-state index in [2.05, 4.69) is 6.92 Å². The zero-order valence-electron chi connectivity index (χ0n) is 10.1. The molecule has 88 valence electrons. The SMILES string of the molecule is CC1CCCC(C2CCCCCC2Cl)C1. The third-order valence-corrected chi connectivity index (χ3v) is 5.11. The van der Waals surface area contributed by atoms with Crippen molar-refractivity contribution in [1.29, 1.82) is 0 Å². The molecule has 0 nitrogen and oxygen atoms in total. The molecule has 0 aliphatic heterocycles. The summed E-state index contributed by atoms with van der Waals surface area (Å²) < 4.78 is 0. The smallest absolute Gasteiger partial charge is 0.0366 e. The van der Waals surface area contributed by atoms with Gasteiger partial charge in [-0.25, -0.2) is 0 Å². The Morgan fingerprint density at radius 3 is 2.47 bits per heavy atom. The fourth-order valence-corrected chi connectivity index (χ4v) is 4.18. The van der Waals surface area contributed by atoms with Crippen LogP contribution in [0.5, 0.6) is 0 Å². The maximum atomic E-state index is 6.57. The lowest BCUT2D eigenvalue weighted by atomic mass is 9.73. The van der Waals surface area contributed by atoms with Gasteiger partial charge in [-0.3, -0.25) is 0 Å². The van der Waals surface area contributed by atoms with E-state index in [0.29, 0.717) is 5.38 Å². The fourth-order valence-electron chi connectivity index (χ4n) is 3.69. The Morgan fingerprint density at radius 2 is 1.67 bits per heavy atom. The Labute approximate surface area is 99.8 Å². The van der Waals surface area contributed by atoms with E-state index in [1.165, 1.54) is 57.8 Å². The fraction of sp³-hybridized carbons (Fsp3) is 1.00. The van der Waals surface area contributed by atoms with Gasteiger partial charge in [0.05, 0.1) is 0 Å². The minimum Gasteiger partial charge on any atom is -0.123 e. The zero-order chi connectivity index (χ0) is 10.7. The normalized spacial score (nSPS) is 43.6. The Kier molecular flexibility index (Phi) is 4.37. The molecule has 0 saturated heterocycles. The van der Waals surface area contributed by atoms with E-state index >= 15 is 0 Å². The first kappa shape index (κ1) is 11.8. The summed E-state index contributed by atoms with van der Waals surface area (Å²) in [6, 6.07) is 0. The number of alkyl halides is 1. The monoisotopic (exact) mass is 228 g/mol. The minimum absolute atomic E-state index is 0.489. The molecule has 0 heterocycles. The summed E-state index contributed by atoms with van der Waals surface area (Å²) in [6.45, 7) is 2.42. The third kappa shape index (κ3) is 3.12. The van der Waals surface area contributed by atoms with E-state index in [-0.39, 0.29) is 0 Å². The first-order valence-corrected chi connectivity index (χ1v) is 7.35. The zero-order valence-corrected chi connectivity index (χ0v) is 10.8. The molecule has 0 radical (unpaired) electrons. The van der Waals surface area contributed by atoms with Crippen molar-refractivity contribution in [3.05, 3.63) is 0 Å². The summed E-state index contributed by atoms with van der Waals surface area (Å²) in [5, 5.41) is 0.489. The Balaban J connectivity index is 1.94. The van der Waals surface area contributed by atoms with Crippen LogP contribution in [-0.2, 0) is 0 Å². The second kappa shape index (κ2) is 5.57. The topological polar surface area (TPSA) is 0 Å². The molecule has 0 N–H and O–H groups in total. The predicted molar refractivity (Wildman–Crippen MR) is 67.3 cm³/mol. The molecule has 15 heavy (non-hydrogen) atoms. The predicted octanol–water partition coefficient (Wildman–Crippen LogP) is 5.00. The molecule has 0 aromatic heterocycles. The van der Waals surface area contributed by atoms with E-state index in [1.54, 1.807) is 0 Å². The minimum atomic E-state index is 0.489. The Bertz CT molecular complexity index is 190. The molecule has 0 bridgehead atoms. The van der Waals surface area contributed by atoms with Crippen molar-refractivity contribution < 1.29 is 0 Å². The summed E-state index contributed by atoms with van der Waals surface area (Å²) >= 11 is 6.57. The van der Waals surface area contributed by atoms with Gasteiger partial charge in [0.2, 0.25) is 0 Å². The molecule has 0 amide bonds. The van der Waals surface area contributed by atoms with Gasteiger partial charge < -0.3 is 0 Å². The third-order valence-electron chi connectivity index (χ3n) is 4.56. The molecule has 1 heteroatoms. The van der Waals surface area contributed by atoms with Crippen molar-refractivity contribution in [2.24, 2.45) is 17.8 Å². The average Bonchev–Trinajstić information content (AvgIpc) is 2.43. The van der Waals surface area contributed by atoms with Crippen LogP contribution in [0.3, 0.4) is 0 Å². The van der Waals surface area contributed by atoms with Gasteiger partial charge in [-0.05, 0) is 37.0 Å². The van der Waals surface area contributed by atoms with Crippen LogP contribution in [-0.4, -0.2) is 5.38 Å². The van der Waals surface area contributed by atoms with Crippen molar-refractivity contribution in [2.75, 3.05) is 0 Å². The lowest BCUT2D eigenvalue weighted by molar-refractivity contribution is 0.191. The van der Waals surface area contributed by atoms with Crippen molar-refractivity contribution in [2.45, 2.75) is 70.1 Å². The first-order valence-electron chi connectivity index (χ1n) is 6.91. The highest BCUT2D eigenvalue weighted by Crippen LogP contribution is 2.41. The summed E-state index contributed by atoms with van der Waals surface area (Å²) in [5.74, 6) is 2.75. The molecular formula is C14H25Cl. The number of hydrogen-bond acceptors (Lipinski definition) is 0. The molecule has 2 fully saturated rings. The molecule has 4 unspecified atom stereocenters. The molecule has 0 spiro atoms. The van der Waals surface area contributed by atoms with Crippen molar-refractivity contribution in [3.63, 3.8) is 0 Å². The number of hydrogen-bond donors (Lipinski definition) is 0.